The van der Waals surface area contributed by atoms with E-state index in [1.165, 1.54) is 0 Å². The van der Waals surface area contributed by atoms with Gasteiger partial charge in [-0.3, -0.25) is 4.68 Å². The molecule has 0 fully saturated rings. The molecule has 0 bridgehead atoms. The van der Waals surface area contributed by atoms with Crippen LogP contribution >= 0.6 is 0 Å². The van der Waals surface area contributed by atoms with Gasteiger partial charge in [-0.05, 0) is 26.0 Å². The number of aliphatic hydroxyl groups excluding tert-OH is 1. The minimum absolute atomic E-state index is 0.329. The van der Waals surface area contributed by atoms with Crippen molar-refractivity contribution in [3.05, 3.63) is 54.0 Å². The molecule has 0 amide bonds. The third-order valence-electron chi connectivity index (χ3n) is 3.47. The van der Waals surface area contributed by atoms with Gasteiger partial charge in [0.25, 0.3) is 0 Å². The lowest BCUT2D eigenvalue weighted by molar-refractivity contribution is 0.177. The predicted molar refractivity (Wildman–Crippen MR) is 77.5 cm³/mol. The number of benzene rings is 1. The Bertz CT molecular complexity index is 712. The second-order valence-corrected chi connectivity index (χ2v) is 5.29. The van der Waals surface area contributed by atoms with Crippen molar-refractivity contribution in [2.24, 2.45) is 0 Å². The number of aromatic nitrogens is 2. The molecular formula is C16H18N2O2. The van der Waals surface area contributed by atoms with Crippen LogP contribution in [-0.4, -0.2) is 14.9 Å². The van der Waals surface area contributed by atoms with E-state index in [4.69, 9.17) is 4.42 Å². The molecule has 1 N–H and O–H groups in total. The zero-order chi connectivity index (χ0) is 14.1. The van der Waals surface area contributed by atoms with Crippen LogP contribution in [0.1, 0.15) is 37.3 Å². The average molecular weight is 270 g/mol. The Balaban J connectivity index is 1.83. The summed E-state index contributed by atoms with van der Waals surface area (Å²) in [6.07, 6.45) is 3.47. The van der Waals surface area contributed by atoms with E-state index in [0.717, 1.165) is 22.2 Å². The van der Waals surface area contributed by atoms with Crippen molar-refractivity contribution in [3.63, 3.8) is 0 Å². The summed E-state index contributed by atoms with van der Waals surface area (Å²) in [5.41, 5.74) is 2.51. The standard InChI is InChI=1S/C16H18N2O2/c1-11(2)18-8-7-12(17-18)9-15(19)14-10-20-16-6-4-3-5-13(14)16/h3-8,10-11,15,19H,9H2,1-2H3. The van der Waals surface area contributed by atoms with Gasteiger partial charge in [0.2, 0.25) is 0 Å². The number of hydrogen-bond donors (Lipinski definition) is 1. The van der Waals surface area contributed by atoms with Gasteiger partial charge in [-0.25, -0.2) is 0 Å². The van der Waals surface area contributed by atoms with Crippen LogP contribution in [-0.2, 0) is 6.42 Å². The highest BCUT2D eigenvalue weighted by Crippen LogP contribution is 2.28. The van der Waals surface area contributed by atoms with Gasteiger partial charge in [0.15, 0.2) is 0 Å². The summed E-state index contributed by atoms with van der Waals surface area (Å²) < 4.78 is 7.36. The Hall–Kier alpha value is -2.07. The summed E-state index contributed by atoms with van der Waals surface area (Å²) in [5, 5.41) is 15.8. The number of fused-ring (bicyclic) bond motifs is 1. The summed E-state index contributed by atoms with van der Waals surface area (Å²) in [5.74, 6) is 0. The maximum Gasteiger partial charge on any atom is 0.134 e. The second kappa shape index (κ2) is 5.13. The van der Waals surface area contributed by atoms with E-state index in [1.807, 2.05) is 41.2 Å². The normalized spacial score (nSPS) is 13.2. The minimum Gasteiger partial charge on any atom is -0.464 e. The van der Waals surface area contributed by atoms with Crippen LogP contribution in [0.2, 0.25) is 0 Å². The first kappa shape index (κ1) is 12.9. The number of nitrogens with zero attached hydrogens (tertiary/aromatic N) is 2. The fourth-order valence-corrected chi connectivity index (χ4v) is 2.34. The Morgan fingerprint density at radius 2 is 2.05 bits per heavy atom. The first-order valence-electron chi connectivity index (χ1n) is 6.83. The fraction of sp³-hybridized carbons (Fsp3) is 0.312. The SMILES string of the molecule is CC(C)n1ccc(CC(O)c2coc3ccccc23)n1. The topological polar surface area (TPSA) is 51.2 Å². The number of furan rings is 1. The Morgan fingerprint density at radius 3 is 2.80 bits per heavy atom. The summed E-state index contributed by atoms with van der Waals surface area (Å²) in [6.45, 7) is 4.16. The van der Waals surface area contributed by atoms with Gasteiger partial charge < -0.3 is 9.52 Å². The molecule has 0 radical (unpaired) electrons. The predicted octanol–water partition coefficient (Wildman–Crippen LogP) is 3.49. The van der Waals surface area contributed by atoms with Crippen LogP contribution in [0.3, 0.4) is 0 Å². The molecule has 104 valence electrons. The Kier molecular flexibility index (Phi) is 3.32. The van der Waals surface area contributed by atoms with E-state index in [0.29, 0.717) is 12.5 Å². The highest BCUT2D eigenvalue weighted by molar-refractivity contribution is 5.81. The molecule has 4 heteroatoms. The Morgan fingerprint density at radius 1 is 1.25 bits per heavy atom. The molecule has 1 atom stereocenters. The van der Waals surface area contributed by atoms with Gasteiger partial charge in [-0.2, -0.15) is 5.10 Å². The van der Waals surface area contributed by atoms with Gasteiger partial charge in [0.1, 0.15) is 5.58 Å². The van der Waals surface area contributed by atoms with Crippen LogP contribution in [0.25, 0.3) is 11.0 Å². The molecule has 20 heavy (non-hydrogen) atoms. The van der Waals surface area contributed by atoms with Crippen molar-refractivity contribution in [2.75, 3.05) is 0 Å². The van der Waals surface area contributed by atoms with Crippen LogP contribution in [0.4, 0.5) is 0 Å². The van der Waals surface area contributed by atoms with Crippen molar-refractivity contribution in [1.29, 1.82) is 0 Å². The van der Waals surface area contributed by atoms with Gasteiger partial charge in [0.05, 0.1) is 18.1 Å². The Labute approximate surface area is 117 Å². The van der Waals surface area contributed by atoms with Crippen molar-refractivity contribution < 1.29 is 9.52 Å². The molecule has 1 unspecified atom stereocenters. The summed E-state index contributed by atoms with van der Waals surface area (Å²) in [7, 11) is 0. The molecular weight excluding hydrogens is 252 g/mol. The van der Waals surface area contributed by atoms with Crippen LogP contribution in [0.15, 0.2) is 47.2 Å². The van der Waals surface area contributed by atoms with Gasteiger partial charge >= 0.3 is 0 Å². The molecule has 4 nitrogen and oxygen atoms in total. The molecule has 0 aliphatic carbocycles. The molecule has 0 aliphatic heterocycles. The third-order valence-corrected chi connectivity index (χ3v) is 3.47. The second-order valence-electron chi connectivity index (χ2n) is 5.29. The lowest BCUT2D eigenvalue weighted by Gasteiger charge is -2.08. The summed E-state index contributed by atoms with van der Waals surface area (Å²) >= 11 is 0. The lowest BCUT2D eigenvalue weighted by atomic mass is 10.0. The molecule has 0 saturated carbocycles. The average Bonchev–Trinajstić information content (AvgIpc) is 3.04. The maximum atomic E-state index is 10.4. The molecule has 1 aromatic carbocycles. The number of aliphatic hydroxyl groups is 1. The van der Waals surface area contributed by atoms with Crippen molar-refractivity contribution in [3.8, 4) is 0 Å². The lowest BCUT2D eigenvalue weighted by Crippen LogP contribution is -2.05. The van der Waals surface area contributed by atoms with E-state index in [-0.39, 0.29) is 0 Å². The zero-order valence-electron chi connectivity index (χ0n) is 11.7. The van der Waals surface area contributed by atoms with Gasteiger partial charge in [-0.15, -0.1) is 0 Å². The van der Waals surface area contributed by atoms with Gasteiger partial charge in [-0.1, -0.05) is 18.2 Å². The number of para-hydroxylation sites is 1. The smallest absolute Gasteiger partial charge is 0.134 e. The fourth-order valence-electron chi connectivity index (χ4n) is 2.34. The number of rotatable bonds is 4. The first-order valence-corrected chi connectivity index (χ1v) is 6.83. The maximum absolute atomic E-state index is 10.4. The van der Waals surface area contributed by atoms with Crippen LogP contribution in [0.5, 0.6) is 0 Å². The van der Waals surface area contributed by atoms with Crippen LogP contribution < -0.4 is 0 Å². The highest BCUT2D eigenvalue weighted by atomic mass is 16.3. The van der Waals surface area contributed by atoms with Crippen LogP contribution in [0, 0.1) is 0 Å². The molecule has 2 aromatic heterocycles. The first-order chi connectivity index (χ1) is 9.65. The molecule has 0 aliphatic rings. The van der Waals surface area contributed by atoms with Crippen molar-refractivity contribution in [2.45, 2.75) is 32.4 Å². The summed E-state index contributed by atoms with van der Waals surface area (Å²) in [6, 6.07) is 10.0. The number of hydrogen-bond acceptors (Lipinski definition) is 3. The van der Waals surface area contributed by atoms with E-state index in [1.54, 1.807) is 6.26 Å². The highest BCUT2D eigenvalue weighted by Gasteiger charge is 2.16. The van der Waals surface area contributed by atoms with E-state index >= 15 is 0 Å². The zero-order valence-corrected chi connectivity index (χ0v) is 11.7. The quantitative estimate of drug-likeness (QED) is 0.789. The van der Waals surface area contributed by atoms with E-state index in [2.05, 4.69) is 18.9 Å². The molecule has 3 rings (SSSR count). The monoisotopic (exact) mass is 270 g/mol. The van der Waals surface area contributed by atoms with Gasteiger partial charge in [0, 0.05) is 29.6 Å². The van der Waals surface area contributed by atoms with Crippen molar-refractivity contribution in [1.82, 2.24) is 9.78 Å². The van der Waals surface area contributed by atoms with E-state index < -0.39 is 6.10 Å². The molecule has 0 saturated heterocycles. The largest absolute Gasteiger partial charge is 0.464 e. The molecule has 0 spiro atoms. The summed E-state index contributed by atoms with van der Waals surface area (Å²) in [4.78, 5) is 0. The minimum atomic E-state index is -0.603. The third kappa shape index (κ3) is 2.34. The molecule has 3 aromatic rings. The molecule has 2 heterocycles. The van der Waals surface area contributed by atoms with E-state index in [9.17, 15) is 5.11 Å². The van der Waals surface area contributed by atoms with Crippen molar-refractivity contribution >= 4 is 11.0 Å².